The zero-order valence-electron chi connectivity index (χ0n) is 12.0. The molecular formula is C13H23N5O2. The molecule has 7 nitrogen and oxygen atoms in total. The molecule has 1 fully saturated rings. The fourth-order valence-corrected chi connectivity index (χ4v) is 3.14. The van der Waals surface area contributed by atoms with Gasteiger partial charge in [-0.1, -0.05) is 19.1 Å². The second-order valence-electron chi connectivity index (χ2n) is 5.91. The lowest BCUT2D eigenvalue weighted by atomic mass is 9.76. The molecule has 20 heavy (non-hydrogen) atoms. The molecule has 0 amide bonds. The Kier molecular flexibility index (Phi) is 5.05. The summed E-state index contributed by atoms with van der Waals surface area (Å²) in [4.78, 5) is 11.6. The van der Waals surface area contributed by atoms with E-state index >= 15 is 0 Å². The van der Waals surface area contributed by atoms with Gasteiger partial charge in [-0.25, -0.2) is 0 Å². The number of aromatic nitrogens is 4. The van der Waals surface area contributed by atoms with Gasteiger partial charge >= 0.3 is 5.97 Å². The van der Waals surface area contributed by atoms with E-state index in [9.17, 15) is 9.90 Å². The van der Waals surface area contributed by atoms with Crippen molar-refractivity contribution in [2.45, 2.75) is 39.0 Å². The average Bonchev–Trinajstić information content (AvgIpc) is 2.92. The van der Waals surface area contributed by atoms with Crippen LogP contribution in [0.15, 0.2) is 0 Å². The summed E-state index contributed by atoms with van der Waals surface area (Å²) in [7, 11) is 0. The highest BCUT2D eigenvalue weighted by Gasteiger charge is 2.36. The fourth-order valence-electron chi connectivity index (χ4n) is 3.14. The van der Waals surface area contributed by atoms with Gasteiger partial charge in [0.15, 0.2) is 5.82 Å². The topological polar surface area (TPSA) is 104 Å². The van der Waals surface area contributed by atoms with Crippen LogP contribution in [0.1, 0.15) is 44.9 Å². The Labute approximate surface area is 118 Å². The number of aliphatic carboxylic acids is 1. The van der Waals surface area contributed by atoms with Gasteiger partial charge in [0.1, 0.15) is 0 Å². The molecule has 1 unspecified atom stereocenters. The van der Waals surface area contributed by atoms with Crippen LogP contribution in [0.5, 0.6) is 0 Å². The van der Waals surface area contributed by atoms with Crippen molar-refractivity contribution in [3.63, 3.8) is 0 Å². The van der Waals surface area contributed by atoms with E-state index in [1.54, 1.807) is 0 Å². The molecule has 2 rings (SSSR count). The van der Waals surface area contributed by atoms with Gasteiger partial charge in [0.25, 0.3) is 0 Å². The first-order valence-corrected chi connectivity index (χ1v) is 7.26. The normalized spacial score (nSPS) is 19.9. The first-order chi connectivity index (χ1) is 9.59. The third-order valence-corrected chi connectivity index (χ3v) is 4.18. The number of tetrazole rings is 1. The molecule has 0 aliphatic carbocycles. The molecular weight excluding hydrogens is 258 g/mol. The molecule has 0 saturated carbocycles. The van der Waals surface area contributed by atoms with Gasteiger partial charge in [-0.15, -0.1) is 10.2 Å². The van der Waals surface area contributed by atoms with E-state index in [2.05, 4.69) is 25.9 Å². The van der Waals surface area contributed by atoms with Crippen LogP contribution in [0.25, 0.3) is 0 Å². The Morgan fingerprint density at radius 2 is 2.10 bits per heavy atom. The maximum Gasteiger partial charge on any atom is 0.307 e. The van der Waals surface area contributed by atoms with Crippen LogP contribution in [0, 0.1) is 17.8 Å². The van der Waals surface area contributed by atoms with Crippen molar-refractivity contribution >= 4 is 5.97 Å². The Morgan fingerprint density at radius 1 is 1.40 bits per heavy atom. The van der Waals surface area contributed by atoms with Crippen molar-refractivity contribution in [3.05, 3.63) is 5.82 Å². The minimum atomic E-state index is -0.774. The SMILES string of the molecule is CC(C)C(C(=O)O)[C@H](CC1CCNCC1)c1nn[nH]n1. The summed E-state index contributed by atoms with van der Waals surface area (Å²) >= 11 is 0. The molecule has 0 bridgehead atoms. The summed E-state index contributed by atoms with van der Waals surface area (Å²) in [6.45, 7) is 5.88. The molecule has 3 N–H and O–H groups in total. The van der Waals surface area contributed by atoms with Gasteiger partial charge in [0.2, 0.25) is 0 Å². The maximum absolute atomic E-state index is 11.6. The highest BCUT2D eigenvalue weighted by atomic mass is 16.4. The molecule has 2 heterocycles. The van der Waals surface area contributed by atoms with Crippen LogP contribution in [0.4, 0.5) is 0 Å². The van der Waals surface area contributed by atoms with Crippen LogP contribution in [0.2, 0.25) is 0 Å². The van der Waals surface area contributed by atoms with Crippen molar-refractivity contribution in [2.75, 3.05) is 13.1 Å². The molecule has 2 atom stereocenters. The van der Waals surface area contributed by atoms with Crippen molar-refractivity contribution in [2.24, 2.45) is 17.8 Å². The minimum Gasteiger partial charge on any atom is -0.481 e. The van der Waals surface area contributed by atoms with E-state index in [0.717, 1.165) is 32.4 Å². The lowest BCUT2D eigenvalue weighted by molar-refractivity contribution is -0.144. The van der Waals surface area contributed by atoms with Crippen LogP contribution in [-0.4, -0.2) is 44.8 Å². The summed E-state index contributed by atoms with van der Waals surface area (Å²) < 4.78 is 0. The monoisotopic (exact) mass is 281 g/mol. The van der Waals surface area contributed by atoms with Gasteiger partial charge in [-0.2, -0.15) is 5.21 Å². The second-order valence-corrected chi connectivity index (χ2v) is 5.91. The Morgan fingerprint density at radius 3 is 2.60 bits per heavy atom. The summed E-state index contributed by atoms with van der Waals surface area (Å²) in [6, 6.07) is 0. The molecule has 1 saturated heterocycles. The van der Waals surface area contributed by atoms with E-state index in [4.69, 9.17) is 0 Å². The maximum atomic E-state index is 11.6. The first-order valence-electron chi connectivity index (χ1n) is 7.26. The number of carboxylic acids is 1. The lowest BCUT2D eigenvalue weighted by Gasteiger charge is -2.30. The zero-order valence-corrected chi connectivity index (χ0v) is 12.0. The van der Waals surface area contributed by atoms with Crippen LogP contribution in [-0.2, 0) is 4.79 Å². The number of rotatable bonds is 6. The Hall–Kier alpha value is -1.50. The number of hydrogen-bond acceptors (Lipinski definition) is 5. The third kappa shape index (κ3) is 3.53. The van der Waals surface area contributed by atoms with Gasteiger partial charge < -0.3 is 10.4 Å². The van der Waals surface area contributed by atoms with Crippen molar-refractivity contribution < 1.29 is 9.90 Å². The van der Waals surface area contributed by atoms with E-state index < -0.39 is 11.9 Å². The summed E-state index contributed by atoms with van der Waals surface area (Å²) in [6.07, 6.45) is 2.98. The van der Waals surface area contributed by atoms with E-state index in [1.165, 1.54) is 0 Å². The predicted molar refractivity (Wildman–Crippen MR) is 73.1 cm³/mol. The number of carbonyl (C=O) groups is 1. The number of aromatic amines is 1. The second kappa shape index (κ2) is 6.78. The van der Waals surface area contributed by atoms with Crippen molar-refractivity contribution in [1.82, 2.24) is 25.9 Å². The average molecular weight is 281 g/mol. The quantitative estimate of drug-likeness (QED) is 0.719. The van der Waals surface area contributed by atoms with Gasteiger partial charge in [-0.05, 0) is 44.2 Å². The predicted octanol–water partition coefficient (Wildman–Crippen LogP) is 1.03. The lowest BCUT2D eigenvalue weighted by Crippen LogP contribution is -2.33. The van der Waals surface area contributed by atoms with Crippen molar-refractivity contribution in [1.29, 1.82) is 0 Å². The molecule has 112 valence electrons. The van der Waals surface area contributed by atoms with Gasteiger partial charge in [0.05, 0.1) is 5.92 Å². The van der Waals surface area contributed by atoms with Crippen LogP contribution >= 0.6 is 0 Å². The summed E-state index contributed by atoms with van der Waals surface area (Å²) in [5.41, 5.74) is 0. The van der Waals surface area contributed by atoms with Gasteiger partial charge in [0, 0.05) is 5.92 Å². The molecule has 0 spiro atoms. The number of carboxylic acid groups (broad SMARTS) is 1. The van der Waals surface area contributed by atoms with E-state index in [1.807, 2.05) is 13.8 Å². The molecule has 0 aromatic carbocycles. The zero-order chi connectivity index (χ0) is 14.5. The summed E-state index contributed by atoms with van der Waals surface area (Å²) in [5, 5.41) is 27.0. The number of nitrogens with one attached hydrogen (secondary N) is 2. The number of nitrogens with zero attached hydrogens (tertiary/aromatic N) is 3. The molecule has 1 aromatic heterocycles. The summed E-state index contributed by atoms with van der Waals surface area (Å²) in [5.74, 6) is -0.316. The highest BCUT2D eigenvalue weighted by molar-refractivity contribution is 5.71. The largest absolute Gasteiger partial charge is 0.481 e. The fraction of sp³-hybridized carbons (Fsp3) is 0.846. The number of piperidine rings is 1. The van der Waals surface area contributed by atoms with Crippen LogP contribution in [0.3, 0.4) is 0 Å². The first kappa shape index (κ1) is 14.9. The van der Waals surface area contributed by atoms with Gasteiger partial charge in [-0.3, -0.25) is 4.79 Å². The van der Waals surface area contributed by atoms with E-state index in [0.29, 0.717) is 11.7 Å². The molecule has 7 heteroatoms. The third-order valence-electron chi connectivity index (χ3n) is 4.18. The molecule has 1 aliphatic heterocycles. The van der Waals surface area contributed by atoms with Crippen molar-refractivity contribution in [3.8, 4) is 0 Å². The minimum absolute atomic E-state index is 0.0396. The van der Waals surface area contributed by atoms with Crippen LogP contribution < -0.4 is 5.32 Å². The number of H-pyrrole nitrogens is 1. The number of hydrogen-bond donors (Lipinski definition) is 3. The van der Waals surface area contributed by atoms with E-state index in [-0.39, 0.29) is 11.8 Å². The molecule has 1 aliphatic rings. The Bertz CT molecular complexity index is 414. The smallest absolute Gasteiger partial charge is 0.307 e. The molecule has 0 radical (unpaired) electrons. The standard InChI is InChI=1S/C13H23N5O2/c1-8(2)11(13(19)20)10(12-15-17-18-16-12)7-9-3-5-14-6-4-9/h8-11,14H,3-7H2,1-2H3,(H,19,20)(H,15,16,17,18)/t10-,11?/m0/s1. The Balaban J connectivity index is 2.17. The molecule has 1 aromatic rings. The highest BCUT2D eigenvalue weighted by Crippen LogP contribution is 2.36.